The van der Waals surface area contributed by atoms with Gasteiger partial charge in [0.25, 0.3) is 5.91 Å². The first-order chi connectivity index (χ1) is 20.3. The lowest BCUT2D eigenvalue weighted by Gasteiger charge is -2.24. The van der Waals surface area contributed by atoms with E-state index in [1.54, 1.807) is 17.0 Å². The molecule has 3 aromatic carbocycles. The van der Waals surface area contributed by atoms with Crippen molar-refractivity contribution in [3.63, 3.8) is 0 Å². The van der Waals surface area contributed by atoms with Crippen LogP contribution >= 0.6 is 11.3 Å². The Bertz CT molecular complexity index is 1790. The molecule has 0 saturated carbocycles. The predicted molar refractivity (Wildman–Crippen MR) is 169 cm³/mol. The number of nitrogens with zero attached hydrogens (tertiary/aromatic N) is 3. The van der Waals surface area contributed by atoms with Gasteiger partial charge in [-0.1, -0.05) is 43.7 Å². The number of hydrogen-bond donors (Lipinski definition) is 1. The second-order valence-corrected chi connectivity index (χ2v) is 11.4. The van der Waals surface area contributed by atoms with Crippen molar-refractivity contribution in [1.29, 1.82) is 0 Å². The smallest absolute Gasteiger partial charge is 0.347 e. The summed E-state index contributed by atoms with van der Waals surface area (Å²) in [6.07, 6.45) is 2.03. The topological polar surface area (TPSA) is 104 Å². The Labute approximate surface area is 247 Å². The lowest BCUT2D eigenvalue weighted by atomic mass is 9.92. The van der Waals surface area contributed by atoms with E-state index in [-0.39, 0.29) is 12.3 Å². The van der Waals surface area contributed by atoms with Crippen LogP contribution in [0.3, 0.4) is 0 Å². The van der Waals surface area contributed by atoms with Gasteiger partial charge >= 0.3 is 11.6 Å². The molecule has 0 saturated heterocycles. The predicted octanol–water partition coefficient (Wildman–Crippen LogP) is 6.91. The van der Waals surface area contributed by atoms with Crippen LogP contribution in [0, 0.1) is 0 Å². The average molecular weight is 584 g/mol. The summed E-state index contributed by atoms with van der Waals surface area (Å²) >= 11 is 1.41. The molecule has 1 amide bonds. The Hall–Kier alpha value is -4.50. The van der Waals surface area contributed by atoms with Crippen LogP contribution < -0.4 is 10.5 Å². The number of benzene rings is 3. The molecule has 9 heteroatoms. The van der Waals surface area contributed by atoms with Crippen LogP contribution in [-0.4, -0.2) is 54.1 Å². The lowest BCUT2D eigenvalue weighted by Crippen LogP contribution is -2.33. The molecule has 0 radical (unpaired) electrons. The maximum absolute atomic E-state index is 14.1. The van der Waals surface area contributed by atoms with Crippen molar-refractivity contribution in [3.8, 4) is 21.7 Å². The highest BCUT2D eigenvalue weighted by atomic mass is 32.1. The SMILES string of the molecule is CCCCN(CCCC(=O)O)C(=O)c1ccccc1-c1c(-c2nc3ccccc3s2)c(=O)oc2cc(N(C)C)ccc12. The number of carbonyl (C=O) groups is 2. The van der Waals surface area contributed by atoms with Gasteiger partial charge in [0, 0.05) is 61.9 Å². The summed E-state index contributed by atoms with van der Waals surface area (Å²) in [5.41, 5.74) is 3.49. The molecule has 5 aromatic rings. The maximum Gasteiger partial charge on any atom is 0.347 e. The lowest BCUT2D eigenvalue weighted by molar-refractivity contribution is -0.137. The van der Waals surface area contributed by atoms with E-state index in [1.807, 2.05) is 73.6 Å². The van der Waals surface area contributed by atoms with Crippen molar-refractivity contribution >= 4 is 50.1 Å². The molecule has 0 aliphatic heterocycles. The van der Waals surface area contributed by atoms with Crippen molar-refractivity contribution < 1.29 is 19.1 Å². The molecule has 2 aromatic heterocycles. The highest BCUT2D eigenvalue weighted by Crippen LogP contribution is 2.41. The molecular weight excluding hydrogens is 550 g/mol. The number of anilines is 1. The Balaban J connectivity index is 1.74. The maximum atomic E-state index is 14.1. The van der Waals surface area contributed by atoms with Crippen molar-refractivity contribution in [2.24, 2.45) is 0 Å². The zero-order valence-electron chi connectivity index (χ0n) is 23.9. The van der Waals surface area contributed by atoms with Gasteiger partial charge in [0.15, 0.2) is 0 Å². The van der Waals surface area contributed by atoms with Crippen molar-refractivity contribution in [2.75, 3.05) is 32.1 Å². The summed E-state index contributed by atoms with van der Waals surface area (Å²) in [5.74, 6) is -1.09. The summed E-state index contributed by atoms with van der Waals surface area (Å²) in [6.45, 7) is 2.89. The zero-order chi connectivity index (χ0) is 29.8. The minimum atomic E-state index is -0.890. The number of thiazole rings is 1. The minimum Gasteiger partial charge on any atom is -0.481 e. The molecule has 42 heavy (non-hydrogen) atoms. The van der Waals surface area contributed by atoms with E-state index in [0.717, 1.165) is 28.7 Å². The summed E-state index contributed by atoms with van der Waals surface area (Å²) < 4.78 is 6.85. The number of amides is 1. The van der Waals surface area contributed by atoms with Gasteiger partial charge in [-0.2, -0.15) is 0 Å². The van der Waals surface area contributed by atoms with Crippen molar-refractivity contribution in [3.05, 3.63) is 82.7 Å². The molecule has 5 rings (SSSR count). The monoisotopic (exact) mass is 583 g/mol. The minimum absolute atomic E-state index is 0.0160. The molecule has 0 unspecified atom stereocenters. The van der Waals surface area contributed by atoms with Crippen LogP contribution in [0.1, 0.15) is 43.0 Å². The Morgan fingerprint density at radius 1 is 0.952 bits per heavy atom. The zero-order valence-corrected chi connectivity index (χ0v) is 24.7. The molecule has 0 aliphatic rings. The Morgan fingerprint density at radius 2 is 1.69 bits per heavy atom. The number of aromatic nitrogens is 1. The highest BCUT2D eigenvalue weighted by Gasteiger charge is 2.26. The van der Waals surface area contributed by atoms with Crippen LogP contribution in [0.15, 0.2) is 75.9 Å². The highest BCUT2D eigenvalue weighted by molar-refractivity contribution is 7.21. The fourth-order valence-corrected chi connectivity index (χ4v) is 6.07. The Kier molecular flexibility index (Phi) is 8.68. The van der Waals surface area contributed by atoms with Crippen LogP contribution in [-0.2, 0) is 4.79 Å². The molecule has 0 fully saturated rings. The average Bonchev–Trinajstić information content (AvgIpc) is 3.41. The largest absolute Gasteiger partial charge is 0.481 e. The molecule has 8 nitrogen and oxygen atoms in total. The standard InChI is InChI=1S/C33H33N3O5S/c1-4-5-18-36(19-10-15-28(37)38)32(39)23-12-7-6-11-22(23)29-24-17-16-21(35(2)3)20-26(24)41-33(40)30(29)31-34-25-13-8-9-14-27(25)42-31/h6-9,11-14,16-17,20H,4-5,10,15,18-19H2,1-3H3,(H,37,38). The molecular formula is C33H33N3O5S. The third-order valence-corrected chi connectivity index (χ3v) is 8.28. The quantitative estimate of drug-likeness (QED) is 0.169. The van der Waals surface area contributed by atoms with E-state index in [0.29, 0.717) is 57.7 Å². The van der Waals surface area contributed by atoms with Crippen LogP contribution in [0.2, 0.25) is 0 Å². The van der Waals surface area contributed by atoms with E-state index in [4.69, 9.17) is 9.40 Å². The second-order valence-electron chi connectivity index (χ2n) is 10.4. The number of aliphatic carboxylic acids is 1. The molecule has 0 aliphatic carbocycles. The molecule has 2 heterocycles. The first-order valence-corrected chi connectivity index (χ1v) is 14.8. The van der Waals surface area contributed by atoms with Gasteiger partial charge in [0.1, 0.15) is 16.2 Å². The summed E-state index contributed by atoms with van der Waals surface area (Å²) in [4.78, 5) is 47.5. The molecule has 216 valence electrons. The normalized spacial score (nSPS) is 11.2. The van der Waals surface area contributed by atoms with Gasteiger partial charge in [0.05, 0.1) is 10.2 Å². The summed E-state index contributed by atoms with van der Waals surface area (Å²) in [6, 6.07) is 20.7. The van der Waals surface area contributed by atoms with Gasteiger partial charge in [-0.15, -0.1) is 11.3 Å². The van der Waals surface area contributed by atoms with E-state index < -0.39 is 11.6 Å². The molecule has 0 atom stereocenters. The van der Waals surface area contributed by atoms with Crippen molar-refractivity contribution in [2.45, 2.75) is 32.6 Å². The van der Waals surface area contributed by atoms with Crippen LogP contribution in [0.4, 0.5) is 5.69 Å². The third kappa shape index (κ3) is 5.92. The van der Waals surface area contributed by atoms with Gasteiger partial charge in [0.2, 0.25) is 0 Å². The van der Waals surface area contributed by atoms with E-state index in [1.165, 1.54) is 11.3 Å². The number of rotatable bonds is 11. The third-order valence-electron chi connectivity index (χ3n) is 7.23. The second kappa shape index (κ2) is 12.6. The fraction of sp³-hybridized carbons (Fsp3) is 0.273. The summed E-state index contributed by atoms with van der Waals surface area (Å²) in [7, 11) is 3.83. The number of para-hydroxylation sites is 1. The molecule has 1 N–H and O–H groups in total. The fourth-order valence-electron chi connectivity index (χ4n) is 5.06. The van der Waals surface area contributed by atoms with Gasteiger partial charge in [-0.25, -0.2) is 9.78 Å². The van der Waals surface area contributed by atoms with Gasteiger partial charge in [-0.05, 0) is 48.7 Å². The Morgan fingerprint density at radius 3 is 2.43 bits per heavy atom. The number of carboxylic acids is 1. The van der Waals surface area contributed by atoms with E-state index in [2.05, 4.69) is 6.92 Å². The van der Waals surface area contributed by atoms with E-state index in [9.17, 15) is 19.5 Å². The molecule has 0 bridgehead atoms. The van der Waals surface area contributed by atoms with Crippen LogP contribution in [0.5, 0.6) is 0 Å². The first-order valence-electron chi connectivity index (χ1n) is 14.0. The van der Waals surface area contributed by atoms with Gasteiger partial charge in [-0.3, -0.25) is 9.59 Å². The van der Waals surface area contributed by atoms with Crippen molar-refractivity contribution in [1.82, 2.24) is 9.88 Å². The number of fused-ring (bicyclic) bond motifs is 2. The van der Waals surface area contributed by atoms with E-state index >= 15 is 0 Å². The number of carboxylic acid groups (broad SMARTS) is 1. The first kappa shape index (κ1) is 29.0. The number of unbranched alkanes of at least 4 members (excludes halogenated alkanes) is 1. The number of hydrogen-bond acceptors (Lipinski definition) is 7. The van der Waals surface area contributed by atoms with Gasteiger partial charge < -0.3 is 19.3 Å². The van der Waals surface area contributed by atoms with Crippen LogP contribution in [0.25, 0.3) is 42.9 Å². The summed E-state index contributed by atoms with van der Waals surface area (Å²) in [5, 5.41) is 10.4. The number of carbonyl (C=O) groups excluding carboxylic acids is 1. The molecule has 0 spiro atoms.